The first-order chi connectivity index (χ1) is 10.1. The van der Waals surface area contributed by atoms with Crippen LogP contribution in [0.5, 0.6) is 11.5 Å². The summed E-state index contributed by atoms with van der Waals surface area (Å²) in [4.78, 5) is 0. The summed E-state index contributed by atoms with van der Waals surface area (Å²) in [6.07, 6.45) is 0.828. The Balaban J connectivity index is 2.02. The van der Waals surface area contributed by atoms with Gasteiger partial charge in [-0.05, 0) is 43.0 Å². The Kier molecular flexibility index (Phi) is 5.23. The Morgan fingerprint density at radius 2 is 1.43 bits per heavy atom. The molecule has 0 heterocycles. The van der Waals surface area contributed by atoms with E-state index in [4.69, 9.17) is 9.47 Å². The van der Waals surface area contributed by atoms with Crippen LogP contribution in [0.4, 0.5) is 0 Å². The van der Waals surface area contributed by atoms with Crippen molar-refractivity contribution in [1.29, 1.82) is 0 Å². The molecule has 0 saturated heterocycles. The van der Waals surface area contributed by atoms with E-state index in [0.29, 0.717) is 24.3 Å². The number of rotatable bonds is 6. The normalized spacial score (nSPS) is 12.0. The molecule has 0 fully saturated rings. The number of methoxy groups -OCH3 is 2. The second-order valence-electron chi connectivity index (χ2n) is 5.24. The third kappa shape index (κ3) is 4.23. The number of hydrogen-bond acceptors (Lipinski definition) is 3. The molecule has 0 amide bonds. The van der Waals surface area contributed by atoms with Crippen LogP contribution in [0, 0.1) is 6.92 Å². The van der Waals surface area contributed by atoms with Gasteiger partial charge in [0.15, 0.2) is 11.5 Å². The Morgan fingerprint density at radius 3 is 2.05 bits per heavy atom. The SMILES string of the molecule is COc1ccc(CC(O)Cc2ccc(C)cc2)cc1OC. The molecular weight excluding hydrogens is 264 g/mol. The number of ether oxygens (including phenoxy) is 2. The molecule has 0 aliphatic rings. The van der Waals surface area contributed by atoms with Crippen molar-refractivity contribution in [3.8, 4) is 11.5 Å². The Bertz CT molecular complexity index is 576. The van der Waals surface area contributed by atoms with E-state index in [1.165, 1.54) is 5.56 Å². The van der Waals surface area contributed by atoms with Crippen LogP contribution in [0.1, 0.15) is 16.7 Å². The van der Waals surface area contributed by atoms with E-state index in [9.17, 15) is 5.11 Å². The number of aryl methyl sites for hydroxylation is 1. The lowest BCUT2D eigenvalue weighted by molar-refractivity contribution is 0.175. The zero-order valence-corrected chi connectivity index (χ0v) is 12.8. The molecule has 0 saturated carbocycles. The average Bonchev–Trinajstić information content (AvgIpc) is 2.49. The molecule has 1 atom stereocenters. The van der Waals surface area contributed by atoms with Crippen molar-refractivity contribution in [2.45, 2.75) is 25.9 Å². The molecule has 21 heavy (non-hydrogen) atoms. The van der Waals surface area contributed by atoms with Gasteiger partial charge in [0.1, 0.15) is 0 Å². The van der Waals surface area contributed by atoms with Crippen LogP contribution in [0.3, 0.4) is 0 Å². The topological polar surface area (TPSA) is 38.7 Å². The minimum absolute atomic E-state index is 0.411. The quantitative estimate of drug-likeness (QED) is 0.886. The van der Waals surface area contributed by atoms with Gasteiger partial charge in [-0.25, -0.2) is 0 Å². The van der Waals surface area contributed by atoms with Gasteiger partial charge < -0.3 is 14.6 Å². The van der Waals surface area contributed by atoms with Crippen LogP contribution in [-0.2, 0) is 12.8 Å². The van der Waals surface area contributed by atoms with E-state index in [1.54, 1.807) is 14.2 Å². The second-order valence-corrected chi connectivity index (χ2v) is 5.24. The number of aliphatic hydroxyl groups is 1. The largest absolute Gasteiger partial charge is 0.493 e. The highest BCUT2D eigenvalue weighted by Gasteiger charge is 2.10. The van der Waals surface area contributed by atoms with Crippen molar-refractivity contribution >= 4 is 0 Å². The standard InChI is InChI=1S/C18H22O3/c1-13-4-6-14(7-5-13)10-16(19)11-15-8-9-17(20-2)18(12-15)21-3/h4-9,12,16,19H,10-11H2,1-3H3. The molecule has 2 aromatic rings. The first-order valence-corrected chi connectivity index (χ1v) is 7.07. The molecule has 0 radical (unpaired) electrons. The second kappa shape index (κ2) is 7.14. The van der Waals surface area contributed by atoms with Crippen LogP contribution in [0.25, 0.3) is 0 Å². The molecule has 0 aromatic heterocycles. The van der Waals surface area contributed by atoms with Gasteiger partial charge in [0, 0.05) is 0 Å². The summed E-state index contributed by atoms with van der Waals surface area (Å²) in [5.74, 6) is 1.40. The number of benzene rings is 2. The molecule has 3 nitrogen and oxygen atoms in total. The molecule has 1 unspecified atom stereocenters. The Morgan fingerprint density at radius 1 is 0.857 bits per heavy atom. The van der Waals surface area contributed by atoms with Crippen molar-refractivity contribution in [3.05, 3.63) is 59.2 Å². The van der Waals surface area contributed by atoms with E-state index < -0.39 is 6.10 Å². The molecule has 3 heteroatoms. The fraction of sp³-hybridized carbons (Fsp3) is 0.333. The summed E-state index contributed by atoms with van der Waals surface area (Å²) in [5, 5.41) is 10.2. The van der Waals surface area contributed by atoms with Crippen molar-refractivity contribution in [1.82, 2.24) is 0 Å². The maximum absolute atomic E-state index is 10.2. The van der Waals surface area contributed by atoms with Gasteiger partial charge in [-0.3, -0.25) is 0 Å². The molecule has 2 rings (SSSR count). The van der Waals surface area contributed by atoms with Gasteiger partial charge in [0.05, 0.1) is 20.3 Å². The summed E-state index contributed by atoms with van der Waals surface area (Å²) in [6, 6.07) is 14.0. The highest BCUT2D eigenvalue weighted by molar-refractivity contribution is 5.43. The van der Waals surface area contributed by atoms with Crippen LogP contribution in [-0.4, -0.2) is 25.4 Å². The monoisotopic (exact) mass is 286 g/mol. The molecule has 0 aliphatic carbocycles. The van der Waals surface area contributed by atoms with Gasteiger partial charge in [-0.15, -0.1) is 0 Å². The van der Waals surface area contributed by atoms with E-state index >= 15 is 0 Å². The minimum atomic E-state index is -0.411. The van der Waals surface area contributed by atoms with Crippen molar-refractivity contribution < 1.29 is 14.6 Å². The van der Waals surface area contributed by atoms with E-state index in [0.717, 1.165) is 11.1 Å². The summed E-state index contributed by atoms with van der Waals surface area (Å²) in [7, 11) is 3.23. The first kappa shape index (κ1) is 15.4. The summed E-state index contributed by atoms with van der Waals surface area (Å²) < 4.78 is 10.5. The molecule has 112 valence electrons. The maximum Gasteiger partial charge on any atom is 0.160 e. The number of hydrogen-bond donors (Lipinski definition) is 1. The fourth-order valence-corrected chi connectivity index (χ4v) is 2.35. The van der Waals surface area contributed by atoms with Gasteiger partial charge in [-0.2, -0.15) is 0 Å². The lowest BCUT2D eigenvalue weighted by Crippen LogP contribution is -2.14. The third-order valence-electron chi connectivity index (χ3n) is 3.51. The number of aliphatic hydroxyl groups excluding tert-OH is 1. The van der Waals surface area contributed by atoms with Gasteiger partial charge in [0.2, 0.25) is 0 Å². The van der Waals surface area contributed by atoms with Gasteiger partial charge in [-0.1, -0.05) is 35.9 Å². The summed E-state index contributed by atoms with van der Waals surface area (Å²) in [5.41, 5.74) is 3.41. The highest BCUT2D eigenvalue weighted by atomic mass is 16.5. The summed E-state index contributed by atoms with van der Waals surface area (Å²) >= 11 is 0. The maximum atomic E-state index is 10.2. The lowest BCUT2D eigenvalue weighted by atomic mass is 10.0. The molecule has 1 N–H and O–H groups in total. The molecule has 0 spiro atoms. The molecule has 2 aromatic carbocycles. The zero-order chi connectivity index (χ0) is 15.2. The molecular formula is C18H22O3. The van der Waals surface area contributed by atoms with Crippen molar-refractivity contribution in [2.24, 2.45) is 0 Å². The van der Waals surface area contributed by atoms with E-state index in [2.05, 4.69) is 31.2 Å². The summed E-state index contributed by atoms with van der Waals surface area (Å²) in [6.45, 7) is 2.06. The van der Waals surface area contributed by atoms with Crippen LogP contribution < -0.4 is 9.47 Å². The Hall–Kier alpha value is -2.00. The van der Waals surface area contributed by atoms with Gasteiger partial charge in [0.25, 0.3) is 0 Å². The first-order valence-electron chi connectivity index (χ1n) is 7.07. The lowest BCUT2D eigenvalue weighted by Gasteiger charge is -2.13. The van der Waals surface area contributed by atoms with Crippen LogP contribution >= 0.6 is 0 Å². The van der Waals surface area contributed by atoms with E-state index in [1.807, 2.05) is 18.2 Å². The predicted octanol–water partition coefficient (Wildman–Crippen LogP) is 3.16. The highest BCUT2D eigenvalue weighted by Crippen LogP contribution is 2.28. The van der Waals surface area contributed by atoms with Crippen molar-refractivity contribution in [2.75, 3.05) is 14.2 Å². The van der Waals surface area contributed by atoms with Gasteiger partial charge >= 0.3 is 0 Å². The van der Waals surface area contributed by atoms with Crippen LogP contribution in [0.2, 0.25) is 0 Å². The fourth-order valence-electron chi connectivity index (χ4n) is 2.35. The van der Waals surface area contributed by atoms with Crippen LogP contribution in [0.15, 0.2) is 42.5 Å². The smallest absolute Gasteiger partial charge is 0.160 e. The molecule has 0 aliphatic heterocycles. The minimum Gasteiger partial charge on any atom is -0.493 e. The van der Waals surface area contributed by atoms with Crippen molar-refractivity contribution in [3.63, 3.8) is 0 Å². The zero-order valence-electron chi connectivity index (χ0n) is 12.8. The predicted molar refractivity (Wildman–Crippen MR) is 84.1 cm³/mol. The Labute approximate surface area is 126 Å². The molecule has 0 bridgehead atoms. The van der Waals surface area contributed by atoms with E-state index in [-0.39, 0.29) is 0 Å². The average molecular weight is 286 g/mol. The third-order valence-corrected chi connectivity index (χ3v) is 3.51.